The maximum Gasteiger partial charge on any atom is 0.264 e. The van der Waals surface area contributed by atoms with Crippen LogP contribution in [0, 0.1) is 6.92 Å². The van der Waals surface area contributed by atoms with E-state index >= 15 is 0 Å². The summed E-state index contributed by atoms with van der Waals surface area (Å²) >= 11 is 0. The van der Waals surface area contributed by atoms with Crippen LogP contribution in [-0.2, 0) is 32.6 Å². The van der Waals surface area contributed by atoms with Gasteiger partial charge in [0.05, 0.1) is 17.2 Å². The van der Waals surface area contributed by atoms with Crippen LogP contribution in [0.15, 0.2) is 114 Å². The number of hydrogen-bond donors (Lipinski definition) is 1. The molecule has 4 aromatic carbocycles. The molecular formula is C37H43N3O5S. The molecule has 2 amide bonds. The SMILES string of the molecule is CCOc1ccc(N(CC(=O)N(Cc2ccccc2)[C@@H](Cc2ccccc2)C(=O)NC(C)(C)C)S(=O)(=O)c2ccc(C)cc2)cc1. The molecule has 0 unspecified atom stereocenters. The van der Waals surface area contributed by atoms with Gasteiger partial charge in [0.15, 0.2) is 0 Å². The zero-order valence-corrected chi connectivity index (χ0v) is 28.0. The van der Waals surface area contributed by atoms with Crippen molar-refractivity contribution in [2.45, 2.75) is 64.1 Å². The molecule has 0 aliphatic rings. The molecule has 0 saturated heterocycles. The number of hydrogen-bond acceptors (Lipinski definition) is 5. The lowest BCUT2D eigenvalue weighted by atomic mass is 10.0. The van der Waals surface area contributed by atoms with Crippen molar-refractivity contribution < 1.29 is 22.7 Å². The molecule has 0 fully saturated rings. The lowest BCUT2D eigenvalue weighted by molar-refractivity contribution is -0.140. The number of anilines is 1. The van der Waals surface area contributed by atoms with Crippen molar-refractivity contribution in [1.29, 1.82) is 0 Å². The molecular weight excluding hydrogens is 598 g/mol. The largest absolute Gasteiger partial charge is 0.494 e. The summed E-state index contributed by atoms with van der Waals surface area (Å²) in [5.74, 6) is -0.259. The smallest absolute Gasteiger partial charge is 0.264 e. The van der Waals surface area contributed by atoms with Crippen LogP contribution < -0.4 is 14.4 Å². The van der Waals surface area contributed by atoms with Gasteiger partial charge in [-0.15, -0.1) is 0 Å². The number of sulfonamides is 1. The van der Waals surface area contributed by atoms with Crippen LogP contribution in [0.3, 0.4) is 0 Å². The van der Waals surface area contributed by atoms with Gasteiger partial charge in [0, 0.05) is 18.5 Å². The zero-order chi connectivity index (χ0) is 33.3. The van der Waals surface area contributed by atoms with E-state index in [-0.39, 0.29) is 23.8 Å². The van der Waals surface area contributed by atoms with Gasteiger partial charge in [-0.1, -0.05) is 78.4 Å². The fraction of sp³-hybridized carbons (Fsp3) is 0.297. The van der Waals surface area contributed by atoms with Gasteiger partial charge in [0.25, 0.3) is 10.0 Å². The molecule has 0 radical (unpaired) electrons. The first-order valence-electron chi connectivity index (χ1n) is 15.4. The van der Waals surface area contributed by atoms with Crippen LogP contribution in [0.5, 0.6) is 5.75 Å². The Morgan fingerprint density at radius 3 is 1.91 bits per heavy atom. The monoisotopic (exact) mass is 641 g/mol. The fourth-order valence-electron chi connectivity index (χ4n) is 5.03. The number of carbonyl (C=O) groups is 2. The molecule has 4 rings (SSSR count). The third kappa shape index (κ3) is 9.20. The van der Waals surface area contributed by atoms with Crippen molar-refractivity contribution >= 4 is 27.5 Å². The van der Waals surface area contributed by atoms with Gasteiger partial charge in [0.1, 0.15) is 18.3 Å². The number of nitrogens with one attached hydrogen (secondary N) is 1. The standard InChI is InChI=1S/C37H43N3O5S/c1-6-45-32-21-19-31(20-22-32)40(46(43,44)33-23-17-28(2)18-24-33)27-35(41)39(26-30-15-11-8-12-16-30)34(36(42)38-37(3,4)5)25-29-13-9-7-10-14-29/h7-24,34H,6,25-27H2,1-5H3,(H,38,42)/t34-/m0/s1. The summed E-state index contributed by atoms with van der Waals surface area (Å²) in [6.45, 7) is 9.43. The number of ether oxygens (including phenoxy) is 1. The third-order valence-electron chi connectivity index (χ3n) is 7.29. The predicted molar refractivity (Wildman–Crippen MR) is 182 cm³/mol. The second-order valence-corrected chi connectivity index (χ2v) is 14.1. The summed E-state index contributed by atoms with van der Waals surface area (Å²) in [6, 6.07) is 31.1. The van der Waals surface area contributed by atoms with Gasteiger partial charge in [0.2, 0.25) is 11.8 Å². The molecule has 0 aliphatic heterocycles. The van der Waals surface area contributed by atoms with Gasteiger partial charge in [-0.2, -0.15) is 0 Å². The van der Waals surface area contributed by atoms with E-state index < -0.39 is 34.1 Å². The van der Waals surface area contributed by atoms with Crippen molar-refractivity contribution in [2.24, 2.45) is 0 Å². The normalized spacial score (nSPS) is 12.2. The molecule has 9 heteroatoms. The van der Waals surface area contributed by atoms with Crippen LogP contribution in [0.2, 0.25) is 0 Å². The number of carbonyl (C=O) groups excluding carboxylic acids is 2. The molecule has 1 atom stereocenters. The lowest BCUT2D eigenvalue weighted by Crippen LogP contribution is -2.56. The Hall–Kier alpha value is -4.63. The molecule has 1 N–H and O–H groups in total. The third-order valence-corrected chi connectivity index (χ3v) is 9.08. The molecule has 4 aromatic rings. The number of rotatable bonds is 13. The highest BCUT2D eigenvalue weighted by atomic mass is 32.2. The van der Waals surface area contributed by atoms with Crippen LogP contribution in [0.1, 0.15) is 44.4 Å². The van der Waals surface area contributed by atoms with Gasteiger partial charge >= 0.3 is 0 Å². The first-order valence-corrected chi connectivity index (χ1v) is 16.8. The Kier molecular flexibility index (Phi) is 11.2. The molecule has 0 aromatic heterocycles. The van der Waals surface area contributed by atoms with Crippen molar-refractivity contribution in [3.8, 4) is 5.75 Å². The molecule has 0 saturated carbocycles. The topological polar surface area (TPSA) is 96.0 Å². The molecule has 46 heavy (non-hydrogen) atoms. The van der Waals surface area contributed by atoms with E-state index in [1.165, 1.54) is 17.0 Å². The van der Waals surface area contributed by atoms with E-state index in [9.17, 15) is 18.0 Å². The average molecular weight is 642 g/mol. The Balaban J connectivity index is 1.80. The van der Waals surface area contributed by atoms with E-state index in [1.807, 2.05) is 95.3 Å². The van der Waals surface area contributed by atoms with Crippen LogP contribution in [-0.4, -0.2) is 49.9 Å². The maximum atomic E-state index is 14.5. The summed E-state index contributed by atoms with van der Waals surface area (Å²) < 4.78 is 35.1. The van der Waals surface area contributed by atoms with Gasteiger partial charge < -0.3 is 15.0 Å². The second kappa shape index (κ2) is 15.1. The number of benzene rings is 4. The quantitative estimate of drug-likeness (QED) is 0.189. The Labute approximate surface area is 273 Å². The summed E-state index contributed by atoms with van der Waals surface area (Å²) in [4.78, 5) is 30.1. The highest BCUT2D eigenvalue weighted by Crippen LogP contribution is 2.27. The summed E-state index contributed by atoms with van der Waals surface area (Å²) in [5.41, 5.74) is 2.34. The van der Waals surface area contributed by atoms with E-state index in [2.05, 4.69) is 5.32 Å². The minimum Gasteiger partial charge on any atom is -0.494 e. The second-order valence-electron chi connectivity index (χ2n) is 12.2. The van der Waals surface area contributed by atoms with Gasteiger partial charge in [-0.25, -0.2) is 8.42 Å². The van der Waals surface area contributed by atoms with Crippen LogP contribution in [0.4, 0.5) is 5.69 Å². The number of amides is 2. The minimum absolute atomic E-state index is 0.0562. The Morgan fingerprint density at radius 1 is 0.804 bits per heavy atom. The fourth-order valence-corrected chi connectivity index (χ4v) is 6.44. The minimum atomic E-state index is -4.19. The lowest BCUT2D eigenvalue weighted by Gasteiger charge is -2.35. The van der Waals surface area contributed by atoms with Crippen molar-refractivity contribution in [1.82, 2.24) is 10.2 Å². The van der Waals surface area contributed by atoms with E-state index in [1.54, 1.807) is 36.4 Å². The summed E-state index contributed by atoms with van der Waals surface area (Å²) in [5, 5.41) is 3.05. The van der Waals surface area contributed by atoms with E-state index in [4.69, 9.17) is 4.74 Å². The molecule has 8 nitrogen and oxygen atoms in total. The molecule has 0 spiro atoms. The van der Waals surface area contributed by atoms with Crippen LogP contribution >= 0.6 is 0 Å². The molecule has 0 heterocycles. The van der Waals surface area contributed by atoms with E-state index in [0.29, 0.717) is 18.0 Å². The first kappa shape index (κ1) is 34.2. The zero-order valence-electron chi connectivity index (χ0n) is 27.1. The van der Waals surface area contributed by atoms with Crippen molar-refractivity contribution in [2.75, 3.05) is 17.5 Å². The van der Waals surface area contributed by atoms with Crippen LogP contribution in [0.25, 0.3) is 0 Å². The number of aryl methyl sites for hydroxylation is 1. The Bertz CT molecular complexity index is 1690. The Morgan fingerprint density at radius 2 is 1.37 bits per heavy atom. The maximum absolute atomic E-state index is 14.5. The summed E-state index contributed by atoms with van der Waals surface area (Å²) in [7, 11) is -4.19. The first-order chi connectivity index (χ1) is 21.9. The molecule has 0 aliphatic carbocycles. The number of nitrogens with zero attached hydrogens (tertiary/aromatic N) is 2. The molecule has 242 valence electrons. The van der Waals surface area contributed by atoms with Crippen molar-refractivity contribution in [3.63, 3.8) is 0 Å². The predicted octanol–water partition coefficient (Wildman–Crippen LogP) is 6.14. The summed E-state index contributed by atoms with van der Waals surface area (Å²) in [6.07, 6.45) is 0.245. The van der Waals surface area contributed by atoms with Gasteiger partial charge in [-0.05, 0) is 82.1 Å². The molecule has 0 bridgehead atoms. The van der Waals surface area contributed by atoms with Gasteiger partial charge in [-0.3, -0.25) is 13.9 Å². The highest BCUT2D eigenvalue weighted by molar-refractivity contribution is 7.92. The average Bonchev–Trinajstić information content (AvgIpc) is 3.02. The van der Waals surface area contributed by atoms with E-state index in [0.717, 1.165) is 21.0 Å². The highest BCUT2D eigenvalue weighted by Gasteiger charge is 2.35. The van der Waals surface area contributed by atoms with Crippen molar-refractivity contribution in [3.05, 3.63) is 126 Å².